The topological polar surface area (TPSA) is 71.1 Å². The quantitative estimate of drug-likeness (QED) is 0.422. The fourth-order valence-electron chi connectivity index (χ4n) is 3.30. The Bertz CT molecular complexity index is 638. The first kappa shape index (κ1) is 20.2. The summed E-state index contributed by atoms with van der Waals surface area (Å²) in [7, 11) is 0. The van der Waals surface area contributed by atoms with E-state index in [2.05, 4.69) is 35.6 Å². The second-order valence-electron chi connectivity index (χ2n) is 7.98. The Balaban J connectivity index is 1.71. The number of benzene rings is 1. The predicted octanol–water partition coefficient (Wildman–Crippen LogP) is 5.06. The molecule has 0 aromatic heterocycles. The molecule has 0 atom stereocenters. The molecule has 144 valence electrons. The number of carbonyl (C=O) groups excluding carboxylic acids is 2. The highest BCUT2D eigenvalue weighted by molar-refractivity contribution is 5.90. The van der Waals surface area contributed by atoms with Crippen LogP contribution in [0.25, 0.3) is 0 Å². The molecule has 1 aliphatic rings. The summed E-state index contributed by atoms with van der Waals surface area (Å²) in [5.74, 6) is -0.113. The number of rotatable bonds is 4. The van der Waals surface area contributed by atoms with Crippen LogP contribution < -0.4 is 0 Å². The molecule has 1 aromatic rings. The van der Waals surface area contributed by atoms with Gasteiger partial charge in [0.25, 0.3) is 0 Å². The lowest BCUT2D eigenvalue weighted by Crippen LogP contribution is -2.30. The van der Waals surface area contributed by atoms with Crippen molar-refractivity contribution in [1.82, 2.24) is 0 Å². The van der Waals surface area contributed by atoms with E-state index in [9.17, 15) is 9.59 Å². The Morgan fingerprint density at radius 1 is 1.00 bits per heavy atom. The molecule has 0 heterocycles. The zero-order valence-corrected chi connectivity index (χ0v) is 16.2. The Kier molecular flexibility index (Phi) is 6.64. The molecular formula is C20H28O6. The van der Waals surface area contributed by atoms with E-state index in [1.54, 1.807) is 19.1 Å². The molecule has 0 aliphatic heterocycles. The molecule has 0 radical (unpaired) electrons. The van der Waals surface area contributed by atoms with Gasteiger partial charge in [-0.25, -0.2) is 14.5 Å². The second kappa shape index (κ2) is 8.54. The van der Waals surface area contributed by atoms with E-state index in [1.807, 2.05) is 13.0 Å². The molecule has 0 amide bonds. The summed E-state index contributed by atoms with van der Waals surface area (Å²) >= 11 is 0. The third kappa shape index (κ3) is 5.46. The molecular weight excluding hydrogens is 336 g/mol. The molecule has 1 aliphatic carbocycles. The van der Waals surface area contributed by atoms with Crippen molar-refractivity contribution in [1.29, 1.82) is 0 Å². The molecule has 26 heavy (non-hydrogen) atoms. The monoisotopic (exact) mass is 364 g/mol. The third-order valence-corrected chi connectivity index (χ3v) is 5.20. The second-order valence-corrected chi connectivity index (χ2v) is 7.98. The average Bonchev–Trinajstić information content (AvgIpc) is 2.57. The van der Waals surface area contributed by atoms with Gasteiger partial charge in [0.1, 0.15) is 6.10 Å². The van der Waals surface area contributed by atoms with Crippen molar-refractivity contribution in [2.24, 2.45) is 11.3 Å². The van der Waals surface area contributed by atoms with Crippen molar-refractivity contribution >= 4 is 12.1 Å². The number of ether oxygens (including phenoxy) is 1. The standard InChI is InChI=1S/C20H28O6/c1-13-7-6-8-17(14(13)2)18(21)24-26-25-19(22)23-16-11-9-15(10-12-16)20(3,4)5/h6-8,15-16H,9-12H2,1-5H3. The highest BCUT2D eigenvalue weighted by atomic mass is 17.5. The van der Waals surface area contributed by atoms with E-state index in [4.69, 9.17) is 4.74 Å². The summed E-state index contributed by atoms with van der Waals surface area (Å²) in [5.41, 5.74) is 2.34. The van der Waals surface area contributed by atoms with Gasteiger partial charge in [-0.2, -0.15) is 0 Å². The van der Waals surface area contributed by atoms with Gasteiger partial charge >= 0.3 is 12.1 Å². The van der Waals surface area contributed by atoms with Crippen LogP contribution >= 0.6 is 0 Å². The van der Waals surface area contributed by atoms with Gasteiger partial charge in [0, 0.05) is 0 Å². The molecule has 1 fully saturated rings. The van der Waals surface area contributed by atoms with Gasteiger partial charge in [0.05, 0.1) is 10.6 Å². The average molecular weight is 364 g/mol. The van der Waals surface area contributed by atoms with Crippen molar-refractivity contribution in [3.8, 4) is 0 Å². The molecule has 0 unspecified atom stereocenters. The van der Waals surface area contributed by atoms with E-state index >= 15 is 0 Å². The molecule has 1 aromatic carbocycles. The Morgan fingerprint density at radius 2 is 1.65 bits per heavy atom. The number of hydrogen-bond donors (Lipinski definition) is 0. The smallest absolute Gasteiger partial charge is 0.429 e. The van der Waals surface area contributed by atoms with Crippen LogP contribution in [-0.2, 0) is 19.6 Å². The van der Waals surface area contributed by atoms with Crippen LogP contribution in [0.15, 0.2) is 18.2 Å². The fourth-order valence-corrected chi connectivity index (χ4v) is 3.30. The van der Waals surface area contributed by atoms with Gasteiger partial charge in [-0.15, -0.1) is 0 Å². The van der Waals surface area contributed by atoms with Crippen LogP contribution in [0, 0.1) is 25.2 Å². The van der Waals surface area contributed by atoms with Gasteiger partial charge in [-0.3, -0.25) is 4.89 Å². The highest BCUT2D eigenvalue weighted by Gasteiger charge is 2.31. The lowest BCUT2D eigenvalue weighted by molar-refractivity contribution is -0.453. The van der Waals surface area contributed by atoms with E-state index in [-0.39, 0.29) is 11.5 Å². The molecule has 0 saturated heterocycles. The van der Waals surface area contributed by atoms with Crippen molar-refractivity contribution in [3.05, 3.63) is 34.9 Å². The van der Waals surface area contributed by atoms with Gasteiger partial charge in [0.2, 0.25) is 0 Å². The van der Waals surface area contributed by atoms with Gasteiger partial charge in [0.15, 0.2) is 0 Å². The maximum atomic E-state index is 11.9. The SMILES string of the molecule is Cc1cccc(C(=O)OOOC(=O)OC2CCC(C(C)(C)C)CC2)c1C. The first-order valence-electron chi connectivity index (χ1n) is 9.01. The molecule has 6 nitrogen and oxygen atoms in total. The first-order valence-corrected chi connectivity index (χ1v) is 9.01. The Hall–Kier alpha value is -2.08. The van der Waals surface area contributed by atoms with E-state index < -0.39 is 12.1 Å². The molecule has 0 bridgehead atoms. The molecule has 2 rings (SSSR count). The molecule has 0 spiro atoms. The lowest BCUT2D eigenvalue weighted by atomic mass is 9.72. The predicted molar refractivity (Wildman–Crippen MR) is 95.2 cm³/mol. The summed E-state index contributed by atoms with van der Waals surface area (Å²) in [5, 5.41) is 4.30. The van der Waals surface area contributed by atoms with Crippen LogP contribution in [0.1, 0.15) is 67.9 Å². The summed E-state index contributed by atoms with van der Waals surface area (Å²) in [6.45, 7) is 10.4. The van der Waals surface area contributed by atoms with Crippen LogP contribution in [0.4, 0.5) is 4.79 Å². The number of hydrogen-bond acceptors (Lipinski definition) is 6. The Labute approximate surface area is 154 Å². The van der Waals surface area contributed by atoms with Crippen molar-refractivity contribution in [3.63, 3.8) is 0 Å². The molecule has 6 heteroatoms. The largest absolute Gasteiger partial charge is 0.543 e. The normalized spacial score (nSPS) is 20.3. The zero-order valence-electron chi connectivity index (χ0n) is 16.2. The van der Waals surface area contributed by atoms with E-state index in [0.717, 1.165) is 36.8 Å². The van der Waals surface area contributed by atoms with Crippen LogP contribution in [0.3, 0.4) is 0 Å². The summed E-state index contributed by atoms with van der Waals surface area (Å²) in [6.07, 6.45) is 2.39. The van der Waals surface area contributed by atoms with Crippen molar-refractivity contribution < 1.29 is 29.1 Å². The van der Waals surface area contributed by atoms with Crippen LogP contribution in [0.2, 0.25) is 0 Å². The minimum Gasteiger partial charge on any atom is -0.429 e. The summed E-state index contributed by atoms with van der Waals surface area (Å²) < 4.78 is 5.21. The molecule has 1 saturated carbocycles. The summed E-state index contributed by atoms with van der Waals surface area (Å²) in [6, 6.07) is 5.23. The maximum absolute atomic E-state index is 11.9. The summed E-state index contributed by atoms with van der Waals surface area (Å²) in [4.78, 5) is 32.5. The van der Waals surface area contributed by atoms with Gasteiger partial charge in [-0.1, -0.05) is 32.9 Å². The van der Waals surface area contributed by atoms with E-state index in [1.165, 1.54) is 0 Å². The highest BCUT2D eigenvalue weighted by Crippen LogP contribution is 2.38. The minimum absolute atomic E-state index is 0.195. The van der Waals surface area contributed by atoms with Gasteiger partial charge < -0.3 is 4.74 Å². The van der Waals surface area contributed by atoms with Crippen LogP contribution in [-0.4, -0.2) is 18.2 Å². The zero-order chi connectivity index (χ0) is 19.3. The molecule has 0 N–H and O–H groups in total. The minimum atomic E-state index is -1.00. The van der Waals surface area contributed by atoms with Gasteiger partial charge in [-0.05, 0) is 68.1 Å². The van der Waals surface area contributed by atoms with E-state index in [0.29, 0.717) is 11.5 Å². The fraction of sp³-hybridized carbons (Fsp3) is 0.600. The lowest BCUT2D eigenvalue weighted by Gasteiger charge is -2.36. The third-order valence-electron chi connectivity index (χ3n) is 5.20. The van der Waals surface area contributed by atoms with Crippen molar-refractivity contribution in [2.75, 3.05) is 0 Å². The number of carbonyl (C=O) groups is 2. The Morgan fingerprint density at radius 3 is 2.27 bits per heavy atom. The number of aryl methyl sites for hydroxylation is 1. The first-order chi connectivity index (χ1) is 12.2. The van der Waals surface area contributed by atoms with Crippen LogP contribution in [0.5, 0.6) is 0 Å². The maximum Gasteiger partial charge on any atom is 0.543 e. The van der Waals surface area contributed by atoms with Crippen molar-refractivity contribution in [2.45, 2.75) is 66.4 Å².